The van der Waals surface area contributed by atoms with Gasteiger partial charge in [-0.25, -0.2) is 9.97 Å². The third kappa shape index (κ3) is 4.71. The molecule has 0 aliphatic carbocycles. The fourth-order valence-electron chi connectivity index (χ4n) is 3.53. The zero-order valence-electron chi connectivity index (χ0n) is 16.8. The van der Waals surface area contributed by atoms with Crippen LogP contribution in [0, 0.1) is 0 Å². The minimum atomic E-state index is 0.129. The van der Waals surface area contributed by atoms with E-state index in [1.807, 2.05) is 41.3 Å². The number of ether oxygens (including phenoxy) is 1. The van der Waals surface area contributed by atoms with E-state index >= 15 is 0 Å². The molecule has 0 atom stereocenters. The number of fused-ring (bicyclic) bond motifs is 1. The first kappa shape index (κ1) is 21.0. The third-order valence-electron chi connectivity index (χ3n) is 5.12. The van der Waals surface area contributed by atoms with Gasteiger partial charge < -0.3 is 19.1 Å². The van der Waals surface area contributed by atoms with Gasteiger partial charge in [-0.3, -0.25) is 4.79 Å². The van der Waals surface area contributed by atoms with Gasteiger partial charge >= 0.3 is 0 Å². The predicted octanol–water partition coefficient (Wildman–Crippen LogP) is 3.17. The average Bonchev–Trinajstić information content (AvgIpc) is 3.13. The van der Waals surface area contributed by atoms with Crippen LogP contribution in [0.3, 0.4) is 0 Å². The molecule has 0 spiro atoms. The lowest BCUT2D eigenvalue weighted by molar-refractivity contribution is -0.128. The van der Waals surface area contributed by atoms with Crippen molar-refractivity contribution < 1.29 is 9.53 Å². The first-order valence-electron chi connectivity index (χ1n) is 9.87. The number of nitrogens with zero attached hydrogens (tertiary/aromatic N) is 5. The smallest absolute Gasteiger partial charge is 0.233 e. The van der Waals surface area contributed by atoms with Gasteiger partial charge in [0.25, 0.3) is 0 Å². The first-order chi connectivity index (χ1) is 14.7. The Bertz CT molecular complexity index is 1010. The predicted molar refractivity (Wildman–Crippen MR) is 120 cm³/mol. The fraction of sp³-hybridized carbons (Fsp3) is 0.381. The Labute approximate surface area is 185 Å². The zero-order chi connectivity index (χ0) is 20.9. The number of piperazine rings is 1. The van der Waals surface area contributed by atoms with Crippen molar-refractivity contribution in [2.75, 3.05) is 50.5 Å². The van der Waals surface area contributed by atoms with Gasteiger partial charge in [0.15, 0.2) is 5.16 Å². The van der Waals surface area contributed by atoms with Gasteiger partial charge in [0.1, 0.15) is 5.82 Å². The highest BCUT2D eigenvalue weighted by molar-refractivity contribution is 7.99. The molecule has 1 amide bonds. The number of thioether (sulfide) groups is 1. The molecule has 0 bridgehead atoms. The van der Waals surface area contributed by atoms with Crippen LogP contribution in [0.4, 0.5) is 5.82 Å². The summed E-state index contributed by atoms with van der Waals surface area (Å²) in [6.45, 7) is 4.23. The van der Waals surface area contributed by atoms with Crippen molar-refractivity contribution >= 4 is 46.1 Å². The summed E-state index contributed by atoms with van der Waals surface area (Å²) in [6.07, 6.45) is 1.80. The highest BCUT2D eigenvalue weighted by Gasteiger charge is 2.22. The minimum absolute atomic E-state index is 0.129. The molecule has 30 heavy (non-hydrogen) atoms. The molecule has 2 aromatic heterocycles. The van der Waals surface area contributed by atoms with E-state index in [1.165, 1.54) is 11.8 Å². The lowest BCUT2D eigenvalue weighted by Crippen LogP contribution is -2.49. The molecule has 1 saturated heterocycles. The van der Waals surface area contributed by atoms with Gasteiger partial charge in [-0.2, -0.15) is 0 Å². The van der Waals surface area contributed by atoms with E-state index < -0.39 is 0 Å². The zero-order valence-corrected chi connectivity index (χ0v) is 18.4. The number of halogens is 1. The summed E-state index contributed by atoms with van der Waals surface area (Å²) >= 11 is 7.58. The normalized spacial score (nSPS) is 14.5. The van der Waals surface area contributed by atoms with Crippen LogP contribution in [-0.2, 0) is 16.1 Å². The second kappa shape index (κ2) is 9.68. The van der Waals surface area contributed by atoms with Crippen LogP contribution < -0.4 is 4.90 Å². The Morgan fingerprint density at radius 1 is 1.20 bits per heavy atom. The lowest BCUT2D eigenvalue weighted by Gasteiger charge is -2.35. The van der Waals surface area contributed by atoms with E-state index in [-0.39, 0.29) is 5.91 Å². The van der Waals surface area contributed by atoms with E-state index in [9.17, 15) is 4.79 Å². The van der Waals surface area contributed by atoms with Gasteiger partial charge in [-0.05, 0) is 30.3 Å². The summed E-state index contributed by atoms with van der Waals surface area (Å²) in [6, 6.07) is 11.6. The standard InChI is InChI=1S/C21H24ClN5O2S/c1-29-13-12-27-18-6-5-16(22)14-17(18)24-21(27)30-15-20(28)26-10-8-25(9-11-26)19-4-2-3-7-23-19/h2-7,14H,8-13,15H2,1H3. The van der Waals surface area contributed by atoms with Crippen LogP contribution in [-0.4, -0.2) is 71.0 Å². The van der Waals surface area contributed by atoms with Crippen LogP contribution in [0.1, 0.15) is 0 Å². The van der Waals surface area contributed by atoms with Gasteiger partial charge in [0.2, 0.25) is 5.91 Å². The summed E-state index contributed by atoms with van der Waals surface area (Å²) in [5.74, 6) is 1.45. The van der Waals surface area contributed by atoms with Crippen molar-refractivity contribution in [1.29, 1.82) is 0 Å². The molecule has 1 aromatic carbocycles. The Balaban J connectivity index is 1.38. The van der Waals surface area contributed by atoms with Gasteiger partial charge in [-0.15, -0.1) is 0 Å². The lowest BCUT2D eigenvalue weighted by atomic mass is 10.3. The van der Waals surface area contributed by atoms with Gasteiger partial charge in [0.05, 0.1) is 23.4 Å². The summed E-state index contributed by atoms with van der Waals surface area (Å²) in [5.41, 5.74) is 1.83. The Morgan fingerprint density at radius 2 is 2.03 bits per heavy atom. The van der Waals surface area contributed by atoms with Crippen LogP contribution in [0.2, 0.25) is 5.02 Å². The Kier molecular flexibility index (Phi) is 6.76. The van der Waals surface area contributed by atoms with Crippen LogP contribution in [0.5, 0.6) is 0 Å². The van der Waals surface area contributed by atoms with E-state index in [2.05, 4.69) is 14.5 Å². The van der Waals surface area contributed by atoms with Crippen molar-refractivity contribution in [3.63, 3.8) is 0 Å². The molecule has 0 radical (unpaired) electrons. The molecule has 1 aliphatic heterocycles. The maximum Gasteiger partial charge on any atom is 0.233 e. The second-order valence-electron chi connectivity index (χ2n) is 7.02. The monoisotopic (exact) mass is 445 g/mol. The number of pyridine rings is 1. The molecule has 3 aromatic rings. The SMILES string of the molecule is COCCn1c(SCC(=O)N2CCN(c3ccccn3)CC2)nc2cc(Cl)ccc21. The number of methoxy groups -OCH3 is 1. The van der Waals surface area contributed by atoms with Gasteiger partial charge in [0, 0.05) is 51.1 Å². The number of imidazole rings is 1. The molecular weight excluding hydrogens is 422 g/mol. The van der Waals surface area contributed by atoms with E-state index in [0.29, 0.717) is 37.0 Å². The molecule has 158 valence electrons. The Morgan fingerprint density at radius 3 is 2.77 bits per heavy atom. The molecule has 0 saturated carbocycles. The van der Waals surface area contributed by atoms with Crippen LogP contribution >= 0.6 is 23.4 Å². The minimum Gasteiger partial charge on any atom is -0.383 e. The van der Waals surface area contributed by atoms with Crippen LogP contribution in [0.25, 0.3) is 11.0 Å². The first-order valence-corrected chi connectivity index (χ1v) is 11.2. The molecule has 7 nitrogen and oxygen atoms in total. The van der Waals surface area contributed by atoms with E-state index in [0.717, 1.165) is 35.1 Å². The van der Waals surface area contributed by atoms with Crippen molar-refractivity contribution in [1.82, 2.24) is 19.4 Å². The number of carbonyl (C=O) groups is 1. The number of amides is 1. The van der Waals surface area contributed by atoms with Crippen molar-refractivity contribution in [2.24, 2.45) is 0 Å². The highest BCUT2D eigenvalue weighted by Crippen LogP contribution is 2.26. The quantitative estimate of drug-likeness (QED) is 0.520. The molecule has 4 rings (SSSR count). The number of benzene rings is 1. The molecule has 0 N–H and O–H groups in total. The number of hydrogen-bond donors (Lipinski definition) is 0. The summed E-state index contributed by atoms with van der Waals surface area (Å²) < 4.78 is 7.33. The van der Waals surface area contributed by atoms with Crippen molar-refractivity contribution in [2.45, 2.75) is 11.7 Å². The van der Waals surface area contributed by atoms with Crippen LogP contribution in [0.15, 0.2) is 47.8 Å². The maximum atomic E-state index is 12.8. The average molecular weight is 446 g/mol. The van der Waals surface area contributed by atoms with Crippen molar-refractivity contribution in [3.8, 4) is 0 Å². The van der Waals surface area contributed by atoms with E-state index in [1.54, 1.807) is 13.3 Å². The van der Waals surface area contributed by atoms with Gasteiger partial charge in [-0.1, -0.05) is 29.4 Å². The van der Waals surface area contributed by atoms with E-state index in [4.69, 9.17) is 21.3 Å². The largest absolute Gasteiger partial charge is 0.383 e. The molecule has 1 fully saturated rings. The number of hydrogen-bond acceptors (Lipinski definition) is 6. The third-order valence-corrected chi connectivity index (χ3v) is 6.32. The van der Waals surface area contributed by atoms with Crippen molar-refractivity contribution in [3.05, 3.63) is 47.6 Å². The summed E-state index contributed by atoms with van der Waals surface area (Å²) in [5, 5.41) is 1.46. The molecule has 1 aliphatic rings. The highest BCUT2D eigenvalue weighted by atomic mass is 35.5. The number of aromatic nitrogens is 3. The molecule has 3 heterocycles. The fourth-order valence-corrected chi connectivity index (χ4v) is 4.64. The summed E-state index contributed by atoms with van der Waals surface area (Å²) in [4.78, 5) is 26.0. The number of anilines is 1. The number of rotatable bonds is 7. The Hall–Kier alpha value is -2.29. The second-order valence-corrected chi connectivity index (χ2v) is 8.40. The maximum absolute atomic E-state index is 12.8. The molecular formula is C21H24ClN5O2S. The molecule has 9 heteroatoms. The topological polar surface area (TPSA) is 63.5 Å². The summed E-state index contributed by atoms with van der Waals surface area (Å²) in [7, 11) is 1.68. The number of carbonyl (C=O) groups excluding carboxylic acids is 1. The molecule has 0 unspecified atom stereocenters.